The van der Waals surface area contributed by atoms with Crippen molar-refractivity contribution in [1.29, 1.82) is 0 Å². The molecular formula is C23H21F3N2O2. The molecule has 4 rings (SSSR count). The number of aryl methyl sites for hydroxylation is 1. The Bertz CT molecular complexity index is 1120. The third kappa shape index (κ3) is 3.97. The van der Waals surface area contributed by atoms with E-state index in [9.17, 15) is 23.1 Å². The molecule has 1 aliphatic carbocycles. The van der Waals surface area contributed by atoms with Gasteiger partial charge < -0.3 is 10.4 Å². The second-order valence-electron chi connectivity index (χ2n) is 7.86. The molecule has 30 heavy (non-hydrogen) atoms. The second-order valence-corrected chi connectivity index (χ2v) is 7.86. The molecule has 1 aliphatic rings. The van der Waals surface area contributed by atoms with Gasteiger partial charge in [-0.3, -0.25) is 4.98 Å². The van der Waals surface area contributed by atoms with Crippen LogP contribution < -0.4 is 5.32 Å². The number of pyridine rings is 1. The zero-order valence-corrected chi connectivity index (χ0v) is 16.4. The average molecular weight is 414 g/mol. The summed E-state index contributed by atoms with van der Waals surface area (Å²) < 4.78 is 41.4. The zero-order chi connectivity index (χ0) is 21.5. The van der Waals surface area contributed by atoms with Crippen LogP contribution in [-0.2, 0) is 0 Å². The fourth-order valence-electron chi connectivity index (χ4n) is 4.06. The van der Waals surface area contributed by atoms with E-state index < -0.39 is 17.7 Å². The highest BCUT2D eigenvalue weighted by molar-refractivity contribution is 5.99. The van der Waals surface area contributed by atoms with Crippen LogP contribution in [0.25, 0.3) is 10.9 Å². The van der Waals surface area contributed by atoms with E-state index in [1.807, 2.05) is 0 Å². The van der Waals surface area contributed by atoms with Crippen LogP contribution >= 0.6 is 0 Å². The van der Waals surface area contributed by atoms with Crippen molar-refractivity contribution in [2.24, 2.45) is 0 Å². The predicted molar refractivity (Wildman–Crippen MR) is 109 cm³/mol. The lowest BCUT2D eigenvalue weighted by Crippen LogP contribution is -2.24. The number of carbonyl (C=O) groups is 1. The number of rotatable bonds is 4. The van der Waals surface area contributed by atoms with Crippen LogP contribution in [-0.4, -0.2) is 22.0 Å². The minimum atomic E-state index is -2.67. The van der Waals surface area contributed by atoms with Gasteiger partial charge in [0.2, 0.25) is 5.92 Å². The van der Waals surface area contributed by atoms with E-state index in [2.05, 4.69) is 10.3 Å². The van der Waals surface area contributed by atoms with Crippen LogP contribution in [0.3, 0.4) is 0 Å². The molecule has 0 radical (unpaired) electrons. The summed E-state index contributed by atoms with van der Waals surface area (Å²) in [5.41, 5.74) is 2.97. The number of hydrogen-bond acceptors (Lipinski definition) is 3. The van der Waals surface area contributed by atoms with Crippen molar-refractivity contribution in [3.05, 3.63) is 65.1 Å². The molecule has 0 saturated heterocycles. The fraction of sp³-hybridized carbons (Fsp3) is 0.304. The molecule has 7 heteroatoms. The molecule has 0 unspecified atom stereocenters. The van der Waals surface area contributed by atoms with Gasteiger partial charge in [0.05, 0.1) is 22.5 Å². The molecule has 0 bridgehead atoms. The van der Waals surface area contributed by atoms with Crippen molar-refractivity contribution in [3.63, 3.8) is 0 Å². The first-order chi connectivity index (χ1) is 14.2. The standard InChI is InChI=1S/C23H21F3N2O2/c1-13-2-4-20(17(10-13)22(29)30)28-21-16-11-15(24)3-5-19(16)27-12-18(21)14-6-8-23(25,26)9-7-14/h2-5,10-12,14H,6-9H2,1H3,(H,27,28)(H,29,30). The van der Waals surface area contributed by atoms with Crippen molar-refractivity contribution in [2.75, 3.05) is 5.32 Å². The summed E-state index contributed by atoms with van der Waals surface area (Å²) in [6, 6.07) is 9.16. The quantitative estimate of drug-likeness (QED) is 0.517. The van der Waals surface area contributed by atoms with Crippen molar-refractivity contribution in [2.45, 2.75) is 44.4 Å². The maximum absolute atomic E-state index is 14.0. The predicted octanol–water partition coefficient (Wildman–Crippen LogP) is 6.42. The first kappa shape index (κ1) is 20.2. The molecule has 1 aromatic heterocycles. The van der Waals surface area contributed by atoms with Gasteiger partial charge in [0.25, 0.3) is 0 Å². The molecule has 2 aromatic carbocycles. The Kier molecular flexibility index (Phi) is 5.13. The molecule has 3 aromatic rings. The molecule has 2 N–H and O–H groups in total. The number of alkyl halides is 2. The van der Waals surface area contributed by atoms with E-state index in [0.29, 0.717) is 27.8 Å². The summed E-state index contributed by atoms with van der Waals surface area (Å²) in [6.07, 6.45) is 1.76. The van der Waals surface area contributed by atoms with Gasteiger partial charge in [-0.1, -0.05) is 11.6 Å². The van der Waals surface area contributed by atoms with Gasteiger partial charge in [-0.05, 0) is 61.6 Å². The van der Waals surface area contributed by atoms with Gasteiger partial charge in [-0.2, -0.15) is 0 Å². The van der Waals surface area contributed by atoms with E-state index in [4.69, 9.17) is 0 Å². The number of hydrogen-bond donors (Lipinski definition) is 2. The number of aromatic nitrogens is 1. The molecule has 0 spiro atoms. The maximum atomic E-state index is 14.0. The number of benzene rings is 2. The summed E-state index contributed by atoms with van der Waals surface area (Å²) in [5, 5.41) is 13.3. The number of nitrogens with zero attached hydrogens (tertiary/aromatic N) is 1. The van der Waals surface area contributed by atoms with Crippen LogP contribution in [0.5, 0.6) is 0 Å². The number of aromatic carboxylic acids is 1. The van der Waals surface area contributed by atoms with Crippen LogP contribution in [0, 0.1) is 12.7 Å². The topological polar surface area (TPSA) is 62.2 Å². The van der Waals surface area contributed by atoms with E-state index in [1.165, 1.54) is 12.1 Å². The number of fused-ring (bicyclic) bond motifs is 1. The van der Waals surface area contributed by atoms with Crippen LogP contribution in [0.1, 0.15) is 53.1 Å². The minimum Gasteiger partial charge on any atom is -0.478 e. The van der Waals surface area contributed by atoms with Crippen LogP contribution in [0.15, 0.2) is 42.6 Å². The summed E-state index contributed by atoms with van der Waals surface area (Å²) >= 11 is 0. The van der Waals surface area contributed by atoms with Crippen LogP contribution in [0.2, 0.25) is 0 Å². The number of halogens is 3. The first-order valence-corrected chi connectivity index (χ1v) is 9.80. The monoisotopic (exact) mass is 414 g/mol. The molecule has 1 fully saturated rings. The highest BCUT2D eigenvalue weighted by Crippen LogP contribution is 2.44. The fourth-order valence-corrected chi connectivity index (χ4v) is 4.06. The second kappa shape index (κ2) is 7.63. The molecule has 156 valence electrons. The lowest BCUT2D eigenvalue weighted by molar-refractivity contribution is -0.0381. The minimum absolute atomic E-state index is 0.0810. The number of carboxylic acids is 1. The summed E-state index contributed by atoms with van der Waals surface area (Å²) in [7, 11) is 0. The summed E-state index contributed by atoms with van der Waals surface area (Å²) in [6.45, 7) is 1.79. The van der Waals surface area contributed by atoms with Crippen molar-refractivity contribution >= 4 is 28.2 Å². The van der Waals surface area contributed by atoms with Crippen molar-refractivity contribution < 1.29 is 23.1 Å². The molecule has 1 heterocycles. The number of carboxylic acid groups (broad SMARTS) is 1. The first-order valence-electron chi connectivity index (χ1n) is 9.80. The van der Waals surface area contributed by atoms with E-state index >= 15 is 0 Å². The number of anilines is 2. The number of nitrogens with one attached hydrogen (secondary N) is 1. The van der Waals surface area contributed by atoms with Gasteiger partial charge in [-0.15, -0.1) is 0 Å². The highest BCUT2D eigenvalue weighted by Gasteiger charge is 2.36. The molecule has 0 atom stereocenters. The van der Waals surface area contributed by atoms with E-state index in [1.54, 1.807) is 37.4 Å². The zero-order valence-electron chi connectivity index (χ0n) is 16.4. The third-order valence-corrected chi connectivity index (χ3v) is 5.68. The molecule has 0 amide bonds. The SMILES string of the molecule is Cc1ccc(Nc2c(C3CCC(F)(F)CC3)cnc3ccc(F)cc23)c(C(=O)O)c1. The van der Waals surface area contributed by atoms with E-state index in [-0.39, 0.29) is 37.2 Å². The average Bonchev–Trinajstić information content (AvgIpc) is 2.69. The largest absolute Gasteiger partial charge is 0.478 e. The van der Waals surface area contributed by atoms with Gasteiger partial charge in [0.15, 0.2) is 0 Å². The highest BCUT2D eigenvalue weighted by atomic mass is 19.3. The Morgan fingerprint density at radius 1 is 1.17 bits per heavy atom. The van der Waals surface area contributed by atoms with Crippen molar-refractivity contribution in [3.8, 4) is 0 Å². The van der Waals surface area contributed by atoms with E-state index in [0.717, 1.165) is 5.56 Å². The lowest BCUT2D eigenvalue weighted by atomic mass is 9.81. The Balaban J connectivity index is 1.85. The third-order valence-electron chi connectivity index (χ3n) is 5.68. The molecular weight excluding hydrogens is 393 g/mol. The lowest BCUT2D eigenvalue weighted by Gasteiger charge is -2.30. The smallest absolute Gasteiger partial charge is 0.337 e. The molecule has 4 nitrogen and oxygen atoms in total. The Hall–Kier alpha value is -3.09. The van der Waals surface area contributed by atoms with Gasteiger partial charge >= 0.3 is 5.97 Å². The Labute approximate surface area is 171 Å². The normalized spacial score (nSPS) is 16.5. The summed E-state index contributed by atoms with van der Waals surface area (Å²) in [5.74, 6) is -4.40. The molecule has 0 aliphatic heterocycles. The maximum Gasteiger partial charge on any atom is 0.337 e. The van der Waals surface area contributed by atoms with Gasteiger partial charge in [0.1, 0.15) is 5.82 Å². The molecule has 1 saturated carbocycles. The van der Waals surface area contributed by atoms with Crippen molar-refractivity contribution in [1.82, 2.24) is 4.98 Å². The Morgan fingerprint density at radius 2 is 1.90 bits per heavy atom. The summed E-state index contributed by atoms with van der Waals surface area (Å²) in [4.78, 5) is 16.1. The Morgan fingerprint density at radius 3 is 2.60 bits per heavy atom. The van der Waals surface area contributed by atoms with Gasteiger partial charge in [0, 0.05) is 24.4 Å². The van der Waals surface area contributed by atoms with Gasteiger partial charge in [-0.25, -0.2) is 18.0 Å². The van der Waals surface area contributed by atoms with Crippen LogP contribution in [0.4, 0.5) is 24.5 Å².